The van der Waals surface area contributed by atoms with Crippen LogP contribution < -0.4 is 5.32 Å². The van der Waals surface area contributed by atoms with Gasteiger partial charge in [0.1, 0.15) is 17.5 Å². The zero-order chi connectivity index (χ0) is 14.7. The van der Waals surface area contributed by atoms with E-state index in [4.69, 9.17) is 0 Å². The van der Waals surface area contributed by atoms with E-state index in [2.05, 4.69) is 5.32 Å². The summed E-state index contributed by atoms with van der Waals surface area (Å²) in [5.74, 6) is -2.55. The first-order valence-electron chi connectivity index (χ1n) is 5.95. The number of nitrogens with one attached hydrogen (secondary N) is 1. The summed E-state index contributed by atoms with van der Waals surface area (Å²) in [7, 11) is 0. The molecule has 2 aromatic carbocycles. The molecule has 1 amide bonds. The maximum Gasteiger partial charge on any atom is 0.254 e. The third-order valence-corrected chi connectivity index (χ3v) is 2.82. The highest BCUT2D eigenvalue weighted by Crippen LogP contribution is 2.12. The molecule has 5 heteroatoms. The van der Waals surface area contributed by atoms with Gasteiger partial charge in [0.2, 0.25) is 0 Å². The predicted molar refractivity (Wildman–Crippen MR) is 68.7 cm³/mol. The van der Waals surface area contributed by atoms with Crippen molar-refractivity contribution < 1.29 is 18.0 Å². The van der Waals surface area contributed by atoms with E-state index in [1.165, 1.54) is 12.1 Å². The summed E-state index contributed by atoms with van der Waals surface area (Å²) >= 11 is 0. The topological polar surface area (TPSA) is 29.1 Å². The van der Waals surface area contributed by atoms with E-state index in [0.717, 1.165) is 18.2 Å². The number of hydrogen-bond donors (Lipinski definition) is 1. The van der Waals surface area contributed by atoms with Crippen molar-refractivity contribution in [1.82, 2.24) is 5.32 Å². The first-order chi connectivity index (χ1) is 9.47. The Kier molecular flexibility index (Phi) is 4.08. The summed E-state index contributed by atoms with van der Waals surface area (Å²) in [6, 6.07) is 7.13. The molecule has 0 atom stereocenters. The Hall–Kier alpha value is -2.30. The smallest absolute Gasteiger partial charge is 0.254 e. The molecule has 0 unspecified atom stereocenters. The third kappa shape index (κ3) is 3.17. The Balaban J connectivity index is 2.10. The van der Waals surface area contributed by atoms with Gasteiger partial charge in [0.15, 0.2) is 0 Å². The van der Waals surface area contributed by atoms with Crippen LogP contribution in [0.5, 0.6) is 0 Å². The zero-order valence-corrected chi connectivity index (χ0v) is 10.7. The van der Waals surface area contributed by atoms with E-state index >= 15 is 0 Å². The molecule has 0 aromatic heterocycles. The molecule has 0 saturated heterocycles. The van der Waals surface area contributed by atoms with Crippen molar-refractivity contribution in [2.24, 2.45) is 0 Å². The summed E-state index contributed by atoms with van der Waals surface area (Å²) in [5, 5.41) is 2.36. The fraction of sp³-hybridized carbons (Fsp3) is 0.133. The van der Waals surface area contributed by atoms with Crippen LogP contribution in [0.4, 0.5) is 13.2 Å². The number of carbonyl (C=O) groups is 1. The molecular formula is C15H12F3NO. The minimum atomic E-state index is -0.675. The molecule has 0 fully saturated rings. The third-order valence-electron chi connectivity index (χ3n) is 2.82. The Morgan fingerprint density at radius 3 is 2.50 bits per heavy atom. The zero-order valence-electron chi connectivity index (χ0n) is 10.7. The number of halogens is 3. The van der Waals surface area contributed by atoms with Gasteiger partial charge in [0.05, 0.1) is 5.56 Å². The van der Waals surface area contributed by atoms with E-state index in [0.29, 0.717) is 5.56 Å². The van der Waals surface area contributed by atoms with E-state index in [-0.39, 0.29) is 17.7 Å². The van der Waals surface area contributed by atoms with Crippen LogP contribution in [0.15, 0.2) is 36.4 Å². The van der Waals surface area contributed by atoms with E-state index in [1.807, 2.05) is 0 Å². The second-order valence-corrected chi connectivity index (χ2v) is 4.40. The second-order valence-electron chi connectivity index (χ2n) is 4.40. The quantitative estimate of drug-likeness (QED) is 0.917. The van der Waals surface area contributed by atoms with Crippen LogP contribution in [0.1, 0.15) is 21.5 Å². The van der Waals surface area contributed by atoms with Gasteiger partial charge in [-0.05, 0) is 42.8 Å². The number of rotatable bonds is 3. The van der Waals surface area contributed by atoms with Gasteiger partial charge < -0.3 is 5.32 Å². The second kappa shape index (κ2) is 5.77. The average Bonchev–Trinajstić information content (AvgIpc) is 2.39. The molecule has 0 aliphatic heterocycles. The van der Waals surface area contributed by atoms with Gasteiger partial charge >= 0.3 is 0 Å². The van der Waals surface area contributed by atoms with Crippen molar-refractivity contribution in [2.75, 3.05) is 0 Å². The molecule has 0 bridgehead atoms. The molecule has 104 valence electrons. The van der Waals surface area contributed by atoms with Crippen molar-refractivity contribution in [2.45, 2.75) is 13.5 Å². The number of aryl methyl sites for hydroxylation is 1. The van der Waals surface area contributed by atoms with Crippen LogP contribution in [-0.4, -0.2) is 5.91 Å². The molecule has 1 N–H and O–H groups in total. The van der Waals surface area contributed by atoms with E-state index in [1.54, 1.807) is 13.0 Å². The fourth-order valence-electron chi connectivity index (χ4n) is 1.75. The molecule has 0 aliphatic rings. The number of carbonyl (C=O) groups excluding carboxylic acids is 1. The van der Waals surface area contributed by atoms with Crippen molar-refractivity contribution in [3.8, 4) is 0 Å². The number of benzene rings is 2. The monoisotopic (exact) mass is 279 g/mol. The van der Waals surface area contributed by atoms with Gasteiger partial charge in [-0.15, -0.1) is 0 Å². The lowest BCUT2D eigenvalue weighted by Crippen LogP contribution is -2.24. The molecule has 0 aliphatic carbocycles. The van der Waals surface area contributed by atoms with Crippen LogP contribution in [0.3, 0.4) is 0 Å². The minimum absolute atomic E-state index is 0.00544. The summed E-state index contributed by atoms with van der Waals surface area (Å²) < 4.78 is 39.9. The maximum absolute atomic E-state index is 13.6. The molecule has 20 heavy (non-hydrogen) atoms. The van der Waals surface area contributed by atoms with Crippen LogP contribution in [0, 0.1) is 24.4 Å². The van der Waals surface area contributed by atoms with Gasteiger partial charge in [0, 0.05) is 12.1 Å². The maximum atomic E-state index is 13.6. The number of amides is 1. The van der Waals surface area contributed by atoms with Gasteiger partial charge in [-0.1, -0.05) is 6.07 Å². The Morgan fingerprint density at radius 1 is 1.05 bits per heavy atom. The summed E-state index contributed by atoms with van der Waals surface area (Å²) in [6.07, 6.45) is 0. The molecule has 2 rings (SSSR count). The molecule has 2 nitrogen and oxygen atoms in total. The van der Waals surface area contributed by atoms with Gasteiger partial charge in [-0.2, -0.15) is 0 Å². The molecule has 0 radical (unpaired) electrons. The summed E-state index contributed by atoms with van der Waals surface area (Å²) in [6.45, 7) is 1.49. The van der Waals surface area contributed by atoms with E-state index < -0.39 is 23.4 Å². The van der Waals surface area contributed by atoms with E-state index in [9.17, 15) is 18.0 Å². The highest BCUT2D eigenvalue weighted by Gasteiger charge is 2.12. The molecule has 2 aromatic rings. The first-order valence-corrected chi connectivity index (χ1v) is 5.95. The molecule has 0 heterocycles. The fourth-order valence-corrected chi connectivity index (χ4v) is 1.75. The lowest BCUT2D eigenvalue weighted by molar-refractivity contribution is 0.0946. The average molecular weight is 279 g/mol. The van der Waals surface area contributed by atoms with Crippen LogP contribution in [-0.2, 0) is 6.54 Å². The Bertz CT molecular complexity index is 656. The van der Waals surface area contributed by atoms with Crippen molar-refractivity contribution >= 4 is 5.91 Å². The van der Waals surface area contributed by atoms with Crippen LogP contribution in [0.2, 0.25) is 0 Å². The van der Waals surface area contributed by atoms with Gasteiger partial charge in [-0.3, -0.25) is 4.79 Å². The van der Waals surface area contributed by atoms with Crippen molar-refractivity contribution in [3.05, 3.63) is 70.5 Å². The highest BCUT2D eigenvalue weighted by molar-refractivity contribution is 5.94. The standard InChI is InChI=1S/C15H12F3NO/c1-9-2-4-12(14(18)6-9)15(20)19-8-10-7-11(16)3-5-13(10)17/h2-7H,8H2,1H3,(H,19,20). The minimum Gasteiger partial charge on any atom is -0.348 e. The Morgan fingerprint density at radius 2 is 1.80 bits per heavy atom. The summed E-state index contributed by atoms with van der Waals surface area (Å²) in [4.78, 5) is 11.8. The normalized spacial score (nSPS) is 10.4. The van der Waals surface area contributed by atoms with Crippen molar-refractivity contribution in [1.29, 1.82) is 0 Å². The predicted octanol–water partition coefficient (Wildman–Crippen LogP) is 3.34. The van der Waals surface area contributed by atoms with Gasteiger partial charge in [-0.25, -0.2) is 13.2 Å². The van der Waals surface area contributed by atoms with Crippen LogP contribution in [0.25, 0.3) is 0 Å². The lowest BCUT2D eigenvalue weighted by Gasteiger charge is -2.08. The molecular weight excluding hydrogens is 267 g/mol. The number of hydrogen-bond acceptors (Lipinski definition) is 1. The SMILES string of the molecule is Cc1ccc(C(=O)NCc2cc(F)ccc2F)c(F)c1. The lowest BCUT2D eigenvalue weighted by atomic mass is 10.1. The highest BCUT2D eigenvalue weighted by atomic mass is 19.1. The molecule has 0 spiro atoms. The van der Waals surface area contributed by atoms with Crippen molar-refractivity contribution in [3.63, 3.8) is 0 Å². The Labute approximate surface area is 114 Å². The molecule has 0 saturated carbocycles. The first kappa shape index (κ1) is 14.1. The van der Waals surface area contributed by atoms with Crippen LogP contribution >= 0.6 is 0 Å². The van der Waals surface area contributed by atoms with Gasteiger partial charge in [0.25, 0.3) is 5.91 Å². The largest absolute Gasteiger partial charge is 0.348 e. The summed E-state index contributed by atoms with van der Waals surface area (Å²) in [5.41, 5.74) is 0.563.